The van der Waals surface area contributed by atoms with Crippen LogP contribution in [0.1, 0.15) is 53.9 Å². The predicted molar refractivity (Wildman–Crippen MR) is 66.0 cm³/mol. The number of hydrogen-bond acceptors (Lipinski definition) is 1. The molecule has 0 radical (unpaired) electrons. The van der Waals surface area contributed by atoms with Crippen molar-refractivity contribution in [1.82, 2.24) is 4.90 Å². The van der Waals surface area contributed by atoms with E-state index in [0.717, 1.165) is 0 Å². The lowest BCUT2D eigenvalue weighted by Gasteiger charge is -2.39. The number of rotatable bonds is 2. The standard InChI is InChI=1S/C14H27N/c1-12(2,3)14(5)8-9-15(11-14)10-13(4)6-7-13/h6-11H2,1-5H3. The van der Waals surface area contributed by atoms with E-state index in [4.69, 9.17) is 0 Å². The molecule has 1 aliphatic carbocycles. The van der Waals surface area contributed by atoms with Gasteiger partial charge in [-0.15, -0.1) is 0 Å². The van der Waals surface area contributed by atoms with E-state index < -0.39 is 0 Å². The van der Waals surface area contributed by atoms with Crippen LogP contribution in [0.5, 0.6) is 0 Å². The summed E-state index contributed by atoms with van der Waals surface area (Å²) < 4.78 is 0. The van der Waals surface area contributed by atoms with Crippen LogP contribution in [0, 0.1) is 16.2 Å². The zero-order valence-electron chi connectivity index (χ0n) is 11.2. The van der Waals surface area contributed by atoms with Crippen molar-refractivity contribution in [2.75, 3.05) is 19.6 Å². The Hall–Kier alpha value is -0.0400. The molecule has 2 rings (SSSR count). The van der Waals surface area contributed by atoms with Crippen molar-refractivity contribution in [2.24, 2.45) is 16.2 Å². The highest BCUT2D eigenvalue weighted by molar-refractivity contribution is 4.98. The molecule has 0 N–H and O–H groups in total. The first-order valence-electron chi connectivity index (χ1n) is 6.47. The Bertz CT molecular complexity index is 247. The van der Waals surface area contributed by atoms with Crippen molar-refractivity contribution in [3.8, 4) is 0 Å². The van der Waals surface area contributed by atoms with Crippen LogP contribution in [0.15, 0.2) is 0 Å². The largest absolute Gasteiger partial charge is 0.302 e. The van der Waals surface area contributed by atoms with Gasteiger partial charge in [-0.2, -0.15) is 0 Å². The molecule has 1 saturated heterocycles. The van der Waals surface area contributed by atoms with Gasteiger partial charge in [0.1, 0.15) is 0 Å². The molecule has 0 aromatic rings. The molecular formula is C14H27N. The molecule has 1 nitrogen and oxygen atoms in total. The Morgan fingerprint density at radius 3 is 2.07 bits per heavy atom. The minimum absolute atomic E-state index is 0.451. The third-order valence-corrected chi connectivity index (χ3v) is 5.07. The van der Waals surface area contributed by atoms with Gasteiger partial charge in [-0.05, 0) is 42.1 Å². The van der Waals surface area contributed by atoms with Gasteiger partial charge in [-0.1, -0.05) is 34.6 Å². The molecule has 1 atom stereocenters. The molecule has 2 fully saturated rings. The van der Waals surface area contributed by atoms with Crippen molar-refractivity contribution < 1.29 is 0 Å². The van der Waals surface area contributed by atoms with E-state index in [2.05, 4.69) is 39.5 Å². The summed E-state index contributed by atoms with van der Waals surface area (Å²) in [5, 5.41) is 0. The molecule has 0 amide bonds. The average molecular weight is 209 g/mol. The van der Waals surface area contributed by atoms with Crippen LogP contribution in [-0.4, -0.2) is 24.5 Å². The van der Waals surface area contributed by atoms with E-state index in [1.165, 1.54) is 38.9 Å². The second-order valence-corrected chi connectivity index (χ2v) is 7.58. The van der Waals surface area contributed by atoms with Crippen LogP contribution >= 0.6 is 0 Å². The second kappa shape index (κ2) is 3.23. The lowest BCUT2D eigenvalue weighted by molar-refractivity contribution is 0.110. The van der Waals surface area contributed by atoms with E-state index in [1.807, 2.05) is 0 Å². The Kier molecular flexibility index (Phi) is 2.46. The number of hydrogen-bond donors (Lipinski definition) is 0. The lowest BCUT2D eigenvalue weighted by atomic mass is 9.67. The maximum atomic E-state index is 2.71. The second-order valence-electron chi connectivity index (χ2n) is 7.58. The van der Waals surface area contributed by atoms with E-state index in [1.54, 1.807) is 0 Å². The van der Waals surface area contributed by atoms with Gasteiger partial charge in [0.25, 0.3) is 0 Å². The normalized spacial score (nSPS) is 35.8. The van der Waals surface area contributed by atoms with E-state index >= 15 is 0 Å². The molecule has 0 aromatic heterocycles. The number of likely N-dealkylation sites (tertiary alicyclic amines) is 1. The van der Waals surface area contributed by atoms with Gasteiger partial charge >= 0.3 is 0 Å². The molecule has 0 aromatic carbocycles. The third kappa shape index (κ3) is 2.22. The molecule has 2 aliphatic rings. The van der Waals surface area contributed by atoms with Crippen LogP contribution in [0.3, 0.4) is 0 Å². The van der Waals surface area contributed by atoms with Gasteiger partial charge in [0, 0.05) is 13.1 Å². The van der Waals surface area contributed by atoms with Crippen LogP contribution < -0.4 is 0 Å². The van der Waals surface area contributed by atoms with Crippen molar-refractivity contribution in [1.29, 1.82) is 0 Å². The minimum Gasteiger partial charge on any atom is -0.302 e. The fraction of sp³-hybridized carbons (Fsp3) is 1.00. The average Bonchev–Trinajstić information content (AvgIpc) is 2.64. The van der Waals surface area contributed by atoms with Crippen LogP contribution in [0.25, 0.3) is 0 Å². The summed E-state index contributed by atoms with van der Waals surface area (Å²) in [4.78, 5) is 2.71. The first-order chi connectivity index (χ1) is 6.74. The first-order valence-corrected chi connectivity index (χ1v) is 6.47. The van der Waals surface area contributed by atoms with Gasteiger partial charge < -0.3 is 4.90 Å². The fourth-order valence-corrected chi connectivity index (χ4v) is 2.71. The molecule has 1 unspecified atom stereocenters. The Labute approximate surface area is 95.2 Å². The molecule has 1 saturated carbocycles. The molecule has 1 heterocycles. The van der Waals surface area contributed by atoms with Crippen molar-refractivity contribution in [2.45, 2.75) is 53.9 Å². The molecular weight excluding hydrogens is 182 g/mol. The van der Waals surface area contributed by atoms with Crippen LogP contribution in [0.2, 0.25) is 0 Å². The SMILES string of the molecule is CC1(CN2CCC(C)(C(C)(C)C)C2)CC1. The highest BCUT2D eigenvalue weighted by atomic mass is 15.2. The van der Waals surface area contributed by atoms with E-state index in [9.17, 15) is 0 Å². The van der Waals surface area contributed by atoms with Gasteiger partial charge in [0.15, 0.2) is 0 Å². The van der Waals surface area contributed by atoms with Gasteiger partial charge in [-0.3, -0.25) is 0 Å². The summed E-state index contributed by atoms with van der Waals surface area (Å²) in [5.74, 6) is 0. The zero-order valence-corrected chi connectivity index (χ0v) is 11.2. The van der Waals surface area contributed by atoms with Gasteiger partial charge in [0.2, 0.25) is 0 Å². The number of nitrogens with zero attached hydrogens (tertiary/aromatic N) is 1. The molecule has 0 bridgehead atoms. The third-order valence-electron chi connectivity index (χ3n) is 5.07. The molecule has 1 heteroatoms. The molecule has 15 heavy (non-hydrogen) atoms. The van der Waals surface area contributed by atoms with E-state index in [-0.39, 0.29) is 0 Å². The van der Waals surface area contributed by atoms with Crippen LogP contribution in [0.4, 0.5) is 0 Å². The van der Waals surface area contributed by atoms with E-state index in [0.29, 0.717) is 16.2 Å². The maximum absolute atomic E-state index is 2.71. The topological polar surface area (TPSA) is 3.24 Å². The summed E-state index contributed by atoms with van der Waals surface area (Å²) in [7, 11) is 0. The molecule has 0 spiro atoms. The fourth-order valence-electron chi connectivity index (χ4n) is 2.71. The Balaban J connectivity index is 1.94. The Morgan fingerprint density at radius 2 is 1.67 bits per heavy atom. The molecule has 1 aliphatic heterocycles. The maximum Gasteiger partial charge on any atom is 0.00410 e. The summed E-state index contributed by atoms with van der Waals surface area (Å²) in [6.07, 6.45) is 4.29. The first kappa shape index (κ1) is 11.4. The smallest absolute Gasteiger partial charge is 0.00410 e. The summed E-state index contributed by atoms with van der Waals surface area (Å²) >= 11 is 0. The zero-order chi connectivity index (χ0) is 11.3. The Morgan fingerprint density at radius 1 is 1.07 bits per heavy atom. The molecule has 88 valence electrons. The van der Waals surface area contributed by atoms with Crippen molar-refractivity contribution in [3.05, 3.63) is 0 Å². The predicted octanol–water partition coefficient (Wildman–Crippen LogP) is 3.54. The van der Waals surface area contributed by atoms with Gasteiger partial charge in [-0.25, -0.2) is 0 Å². The van der Waals surface area contributed by atoms with Crippen molar-refractivity contribution in [3.63, 3.8) is 0 Å². The lowest BCUT2D eigenvalue weighted by Crippen LogP contribution is -2.37. The highest BCUT2D eigenvalue weighted by Crippen LogP contribution is 2.49. The summed E-state index contributed by atoms with van der Waals surface area (Å²) in [6, 6.07) is 0. The monoisotopic (exact) mass is 209 g/mol. The van der Waals surface area contributed by atoms with Gasteiger partial charge in [0.05, 0.1) is 0 Å². The van der Waals surface area contributed by atoms with Crippen molar-refractivity contribution >= 4 is 0 Å². The summed E-state index contributed by atoms with van der Waals surface area (Å²) in [5.41, 5.74) is 1.66. The highest BCUT2D eigenvalue weighted by Gasteiger charge is 2.46. The minimum atomic E-state index is 0.451. The quantitative estimate of drug-likeness (QED) is 0.672. The summed E-state index contributed by atoms with van der Waals surface area (Å²) in [6.45, 7) is 16.1. The van der Waals surface area contributed by atoms with Crippen LogP contribution in [-0.2, 0) is 0 Å².